The van der Waals surface area contributed by atoms with Crippen molar-refractivity contribution in [1.82, 2.24) is 0 Å². The average Bonchev–Trinajstić information content (AvgIpc) is 2.26. The zero-order chi connectivity index (χ0) is 19.3. The minimum Gasteiger partial charge on any atom is -0.0988 e. The van der Waals surface area contributed by atoms with Gasteiger partial charge in [-0.25, -0.2) is 0 Å². The molecule has 0 fully saturated rings. The van der Waals surface area contributed by atoms with Crippen molar-refractivity contribution in [2.75, 3.05) is 0 Å². The second-order valence-electron chi connectivity index (χ2n) is 7.75. The molecule has 0 saturated heterocycles. The van der Waals surface area contributed by atoms with E-state index in [-0.39, 0.29) is 35.9 Å². The summed E-state index contributed by atoms with van der Waals surface area (Å²) in [6.45, 7) is 34.7. The number of rotatable bonds is 6. The maximum atomic E-state index is 3.25. The van der Waals surface area contributed by atoms with Gasteiger partial charge in [-0.3, -0.25) is 0 Å². The van der Waals surface area contributed by atoms with Gasteiger partial charge in [-0.2, -0.15) is 0 Å². The van der Waals surface area contributed by atoms with E-state index in [1.807, 2.05) is 0 Å². The van der Waals surface area contributed by atoms with E-state index in [1.54, 1.807) is 0 Å². The molecular weight excluding hydrogens is 506 g/mol. The number of hydrogen-bond donors (Lipinski definition) is 0. The Morgan fingerprint density at radius 1 is 0.458 bits per heavy atom. The van der Waals surface area contributed by atoms with Gasteiger partial charge in [-0.15, -0.1) is 0 Å². The third-order valence-corrected chi connectivity index (χ3v) is 10.7. The molecular formula is C21H47IrP2. The fraction of sp³-hybridized carbons (Fsp3) is 0.857. The molecule has 0 rings (SSSR count). The Morgan fingerprint density at radius 2 is 0.542 bits per heavy atom. The van der Waals surface area contributed by atoms with Crippen LogP contribution in [0.4, 0.5) is 0 Å². The molecule has 3 heteroatoms. The van der Waals surface area contributed by atoms with Crippen LogP contribution in [0.1, 0.15) is 83.1 Å². The van der Waals surface area contributed by atoms with E-state index < -0.39 is 0 Å². The quantitative estimate of drug-likeness (QED) is 0.291. The van der Waals surface area contributed by atoms with Crippen molar-refractivity contribution in [3.8, 4) is 0 Å². The standard InChI is InChI=1S/2C9H21P.C3H5.Ir/c2*1-7(2)10(8(3)4)9(5)6;1-3-2;/h2*7-9H,1-6H3;3H,1-2H2;. The van der Waals surface area contributed by atoms with E-state index in [9.17, 15) is 0 Å². The Hall–Kier alpha value is 1.51. The third kappa shape index (κ3) is 18.3. The first-order valence-corrected chi connectivity index (χ1v) is 12.4. The van der Waals surface area contributed by atoms with Crippen molar-refractivity contribution in [2.24, 2.45) is 0 Å². The van der Waals surface area contributed by atoms with Crippen molar-refractivity contribution >= 4 is 15.8 Å². The Kier molecular flexibility index (Phi) is 26.6. The van der Waals surface area contributed by atoms with Gasteiger partial charge < -0.3 is 0 Å². The van der Waals surface area contributed by atoms with E-state index in [0.717, 1.165) is 34.0 Å². The molecule has 0 nitrogen and oxygen atoms in total. The van der Waals surface area contributed by atoms with Crippen LogP contribution in [0.25, 0.3) is 0 Å². The van der Waals surface area contributed by atoms with E-state index in [0.29, 0.717) is 0 Å². The van der Waals surface area contributed by atoms with Gasteiger partial charge in [0.2, 0.25) is 0 Å². The zero-order valence-electron chi connectivity index (χ0n) is 18.7. The Balaban J connectivity index is -0.000000138. The molecule has 4 radical (unpaired) electrons. The average molecular weight is 554 g/mol. The maximum Gasteiger partial charge on any atom is 0 e. The van der Waals surface area contributed by atoms with Crippen molar-refractivity contribution < 1.29 is 20.1 Å². The van der Waals surface area contributed by atoms with E-state index in [2.05, 4.69) is 96.9 Å². The van der Waals surface area contributed by atoms with Crippen LogP contribution in [0.2, 0.25) is 0 Å². The molecule has 0 aromatic rings. The fourth-order valence-corrected chi connectivity index (χ4v) is 10.7. The van der Waals surface area contributed by atoms with Crippen LogP contribution in [-0.2, 0) is 20.1 Å². The second kappa shape index (κ2) is 19.3. The molecule has 0 bridgehead atoms. The summed E-state index contributed by atoms with van der Waals surface area (Å²) in [6.07, 6.45) is 1.50. The minimum absolute atomic E-state index is 0. The molecule has 0 atom stereocenters. The van der Waals surface area contributed by atoms with Crippen molar-refractivity contribution in [2.45, 2.75) is 117 Å². The first kappa shape index (κ1) is 33.1. The smallest absolute Gasteiger partial charge is 0 e. The van der Waals surface area contributed by atoms with Gasteiger partial charge in [0.25, 0.3) is 0 Å². The van der Waals surface area contributed by atoms with Crippen LogP contribution >= 0.6 is 15.8 Å². The summed E-state index contributed by atoms with van der Waals surface area (Å²) >= 11 is 0. The molecule has 0 aromatic carbocycles. The SMILES string of the molecule is CC(C)P(C(C)C)C(C)C.CC(C)P(C(C)C)C(C)C.[CH2][CH][CH2].[Ir]. The Morgan fingerprint density at radius 3 is 0.542 bits per heavy atom. The van der Waals surface area contributed by atoms with Crippen LogP contribution in [0.5, 0.6) is 0 Å². The summed E-state index contributed by atoms with van der Waals surface area (Å²) in [5.41, 5.74) is 5.39. The summed E-state index contributed by atoms with van der Waals surface area (Å²) in [6, 6.07) is 0. The molecule has 0 heterocycles. The van der Waals surface area contributed by atoms with E-state index in [1.165, 1.54) is 6.42 Å². The summed E-state index contributed by atoms with van der Waals surface area (Å²) in [5, 5.41) is 0. The van der Waals surface area contributed by atoms with Crippen LogP contribution in [0.15, 0.2) is 0 Å². The molecule has 0 aliphatic carbocycles. The van der Waals surface area contributed by atoms with Gasteiger partial charge in [0.15, 0.2) is 0 Å². The van der Waals surface area contributed by atoms with Crippen LogP contribution in [-0.4, -0.2) is 34.0 Å². The topological polar surface area (TPSA) is 0 Å². The fourth-order valence-electron chi connectivity index (χ4n) is 3.58. The van der Waals surface area contributed by atoms with Gasteiger partial charge >= 0.3 is 0 Å². The predicted molar refractivity (Wildman–Crippen MR) is 120 cm³/mol. The van der Waals surface area contributed by atoms with Gasteiger partial charge in [0.1, 0.15) is 0 Å². The molecule has 24 heavy (non-hydrogen) atoms. The molecule has 0 aliphatic rings. The molecule has 0 aromatic heterocycles. The van der Waals surface area contributed by atoms with Crippen molar-refractivity contribution in [3.05, 3.63) is 20.3 Å². The summed E-state index contributed by atoms with van der Waals surface area (Å²) < 4.78 is 0. The van der Waals surface area contributed by atoms with Gasteiger partial charge in [-0.1, -0.05) is 98.9 Å². The molecule has 0 aliphatic heterocycles. The Bertz CT molecular complexity index is 174. The summed E-state index contributed by atoms with van der Waals surface area (Å²) in [5.74, 6) is 0. The first-order valence-electron chi connectivity index (χ1n) is 9.29. The molecule has 0 spiro atoms. The Labute approximate surface area is 173 Å². The van der Waals surface area contributed by atoms with Crippen molar-refractivity contribution in [3.63, 3.8) is 0 Å². The monoisotopic (exact) mass is 554 g/mol. The minimum atomic E-state index is 0. The third-order valence-electron chi connectivity index (χ3n) is 3.58. The molecule has 150 valence electrons. The molecule has 0 saturated carbocycles. The molecule has 0 N–H and O–H groups in total. The van der Waals surface area contributed by atoms with Gasteiger partial charge in [-0.05, 0) is 54.2 Å². The normalized spacial score (nSPS) is 11.2. The second-order valence-corrected chi connectivity index (χ2v) is 15.7. The van der Waals surface area contributed by atoms with Crippen LogP contribution in [0, 0.1) is 20.3 Å². The van der Waals surface area contributed by atoms with Crippen molar-refractivity contribution in [1.29, 1.82) is 0 Å². The summed E-state index contributed by atoms with van der Waals surface area (Å²) in [7, 11) is 0.525. The molecule has 0 amide bonds. The maximum absolute atomic E-state index is 3.25. The van der Waals surface area contributed by atoms with Gasteiger partial charge in [0.05, 0.1) is 0 Å². The number of hydrogen-bond acceptors (Lipinski definition) is 0. The van der Waals surface area contributed by atoms with E-state index in [4.69, 9.17) is 0 Å². The largest absolute Gasteiger partial charge is 0.0988 e. The zero-order valence-corrected chi connectivity index (χ0v) is 22.9. The van der Waals surface area contributed by atoms with Crippen LogP contribution in [0.3, 0.4) is 0 Å². The molecule has 0 unspecified atom stereocenters. The predicted octanol–water partition coefficient (Wildman–Crippen LogP) is 8.24. The summed E-state index contributed by atoms with van der Waals surface area (Å²) in [4.78, 5) is 0. The van der Waals surface area contributed by atoms with Gasteiger partial charge in [0, 0.05) is 20.1 Å². The first-order chi connectivity index (χ1) is 10.3. The van der Waals surface area contributed by atoms with Crippen LogP contribution < -0.4 is 0 Å². The van der Waals surface area contributed by atoms with E-state index >= 15 is 0 Å².